The van der Waals surface area contributed by atoms with Crippen LogP contribution < -0.4 is 0 Å². The fraction of sp³-hybridized carbons (Fsp3) is 0.273. The molecule has 0 atom stereocenters. The molecule has 1 aliphatic carbocycles. The number of carbonyl (C=O) groups is 1. The van der Waals surface area contributed by atoms with Crippen LogP contribution >= 0.6 is 0 Å². The van der Waals surface area contributed by atoms with Crippen LogP contribution in [0.5, 0.6) is 0 Å². The summed E-state index contributed by atoms with van der Waals surface area (Å²) in [7, 11) is 0. The molecule has 0 radical (unpaired) electrons. The molecule has 0 saturated heterocycles. The zero-order chi connectivity index (χ0) is 18.8. The standard InChI is InChI=1S/C22H22FN3O/c1-16-3-2-4-17(13-16)14-25-12-11-24-21(25)15-26(20-9-10-20)22(27)18-5-7-19(23)8-6-18/h2-8,11-13,20H,9-10,14-15H2,1H3. The number of imidazole rings is 1. The third-order valence-electron chi connectivity index (χ3n) is 4.89. The van der Waals surface area contributed by atoms with Crippen LogP contribution in [0.3, 0.4) is 0 Å². The SMILES string of the molecule is Cc1cccc(Cn2ccnc2CN(C(=O)c2ccc(F)cc2)C2CC2)c1. The van der Waals surface area contributed by atoms with Crippen molar-refractivity contribution in [1.82, 2.24) is 14.5 Å². The van der Waals surface area contributed by atoms with Gasteiger partial charge in [0.1, 0.15) is 11.6 Å². The molecule has 0 bridgehead atoms. The maximum atomic E-state index is 13.2. The van der Waals surface area contributed by atoms with Crippen molar-refractivity contribution in [2.75, 3.05) is 0 Å². The summed E-state index contributed by atoms with van der Waals surface area (Å²) in [5, 5.41) is 0. The van der Waals surface area contributed by atoms with Crippen molar-refractivity contribution in [2.24, 2.45) is 0 Å². The molecule has 0 unspecified atom stereocenters. The predicted molar refractivity (Wildman–Crippen MR) is 102 cm³/mol. The monoisotopic (exact) mass is 363 g/mol. The van der Waals surface area contributed by atoms with Crippen LogP contribution in [0.25, 0.3) is 0 Å². The lowest BCUT2D eigenvalue weighted by Crippen LogP contribution is -2.33. The maximum absolute atomic E-state index is 13.2. The van der Waals surface area contributed by atoms with Gasteiger partial charge in [-0.25, -0.2) is 9.37 Å². The summed E-state index contributed by atoms with van der Waals surface area (Å²) in [5.41, 5.74) is 2.94. The first-order valence-electron chi connectivity index (χ1n) is 9.22. The minimum absolute atomic E-state index is 0.0670. The van der Waals surface area contributed by atoms with Gasteiger partial charge in [-0.15, -0.1) is 0 Å². The molecule has 1 heterocycles. The average molecular weight is 363 g/mol. The van der Waals surface area contributed by atoms with Crippen molar-refractivity contribution in [3.63, 3.8) is 0 Å². The van der Waals surface area contributed by atoms with Crippen LogP contribution in [0, 0.1) is 12.7 Å². The van der Waals surface area contributed by atoms with Crippen LogP contribution in [-0.2, 0) is 13.1 Å². The smallest absolute Gasteiger partial charge is 0.254 e. The average Bonchev–Trinajstić information content (AvgIpc) is 3.41. The van der Waals surface area contributed by atoms with Crippen molar-refractivity contribution in [3.8, 4) is 0 Å². The lowest BCUT2D eigenvalue weighted by Gasteiger charge is -2.23. The van der Waals surface area contributed by atoms with Crippen LogP contribution in [-0.4, -0.2) is 26.4 Å². The highest BCUT2D eigenvalue weighted by Gasteiger charge is 2.33. The van der Waals surface area contributed by atoms with Gasteiger partial charge in [0.2, 0.25) is 0 Å². The maximum Gasteiger partial charge on any atom is 0.254 e. The molecule has 1 aliphatic rings. The Morgan fingerprint density at radius 1 is 1.22 bits per heavy atom. The largest absolute Gasteiger partial charge is 0.329 e. The van der Waals surface area contributed by atoms with Gasteiger partial charge in [-0.1, -0.05) is 29.8 Å². The van der Waals surface area contributed by atoms with E-state index in [2.05, 4.69) is 40.7 Å². The minimum atomic E-state index is -0.335. The van der Waals surface area contributed by atoms with E-state index >= 15 is 0 Å². The summed E-state index contributed by atoms with van der Waals surface area (Å²) in [5.74, 6) is 0.458. The second kappa shape index (κ2) is 7.35. The minimum Gasteiger partial charge on any atom is -0.329 e. The van der Waals surface area contributed by atoms with Gasteiger partial charge in [0.05, 0.1) is 6.54 Å². The Hall–Kier alpha value is -2.95. The molecule has 0 aliphatic heterocycles. The van der Waals surface area contributed by atoms with E-state index in [1.807, 2.05) is 11.1 Å². The molecule has 1 amide bonds. The second-order valence-corrected chi connectivity index (χ2v) is 7.13. The van der Waals surface area contributed by atoms with Gasteiger partial charge in [0.15, 0.2) is 0 Å². The van der Waals surface area contributed by atoms with E-state index in [1.54, 1.807) is 18.3 Å². The van der Waals surface area contributed by atoms with E-state index in [0.717, 1.165) is 25.2 Å². The Morgan fingerprint density at radius 3 is 2.70 bits per heavy atom. The number of benzene rings is 2. The number of amides is 1. The molecule has 1 fully saturated rings. The van der Waals surface area contributed by atoms with E-state index in [0.29, 0.717) is 12.1 Å². The number of nitrogens with zero attached hydrogens (tertiary/aromatic N) is 3. The van der Waals surface area contributed by atoms with Crippen LogP contribution in [0.15, 0.2) is 60.9 Å². The quantitative estimate of drug-likeness (QED) is 0.659. The zero-order valence-corrected chi connectivity index (χ0v) is 15.3. The fourth-order valence-corrected chi connectivity index (χ4v) is 3.31. The molecule has 138 valence electrons. The predicted octanol–water partition coefficient (Wildman–Crippen LogP) is 4.18. The molecular formula is C22H22FN3O. The van der Waals surface area contributed by atoms with Gasteiger partial charge in [0, 0.05) is 30.5 Å². The lowest BCUT2D eigenvalue weighted by atomic mass is 10.1. The second-order valence-electron chi connectivity index (χ2n) is 7.13. The number of carbonyl (C=O) groups excluding carboxylic acids is 1. The van der Waals surface area contributed by atoms with Crippen molar-refractivity contribution in [1.29, 1.82) is 0 Å². The lowest BCUT2D eigenvalue weighted by molar-refractivity contribution is 0.0723. The molecule has 2 aromatic carbocycles. The molecule has 1 saturated carbocycles. The molecule has 0 N–H and O–H groups in total. The van der Waals surface area contributed by atoms with Crippen LogP contribution in [0.2, 0.25) is 0 Å². The number of hydrogen-bond donors (Lipinski definition) is 0. The highest BCUT2D eigenvalue weighted by molar-refractivity contribution is 5.94. The summed E-state index contributed by atoms with van der Waals surface area (Å²) in [6, 6.07) is 14.4. The summed E-state index contributed by atoms with van der Waals surface area (Å²) in [4.78, 5) is 19.3. The van der Waals surface area contributed by atoms with Crippen molar-refractivity contribution < 1.29 is 9.18 Å². The number of aromatic nitrogens is 2. The highest BCUT2D eigenvalue weighted by Crippen LogP contribution is 2.29. The van der Waals surface area contributed by atoms with E-state index in [9.17, 15) is 9.18 Å². The Balaban J connectivity index is 1.54. The van der Waals surface area contributed by atoms with Crippen LogP contribution in [0.1, 0.15) is 40.2 Å². The van der Waals surface area contributed by atoms with E-state index in [4.69, 9.17) is 0 Å². The molecule has 4 rings (SSSR count). The van der Waals surface area contributed by atoms with E-state index < -0.39 is 0 Å². The molecule has 27 heavy (non-hydrogen) atoms. The molecule has 4 nitrogen and oxygen atoms in total. The van der Waals surface area contributed by atoms with Gasteiger partial charge in [0.25, 0.3) is 5.91 Å². The van der Waals surface area contributed by atoms with Gasteiger partial charge >= 0.3 is 0 Å². The number of aryl methyl sites for hydroxylation is 1. The number of hydrogen-bond acceptors (Lipinski definition) is 2. The number of halogens is 1. The molecule has 0 spiro atoms. The third kappa shape index (κ3) is 4.08. The number of rotatable bonds is 6. The molecule has 5 heteroatoms. The van der Waals surface area contributed by atoms with Gasteiger partial charge in [-0.2, -0.15) is 0 Å². The van der Waals surface area contributed by atoms with E-state index in [1.165, 1.54) is 23.3 Å². The Kier molecular flexibility index (Phi) is 4.75. The summed E-state index contributed by atoms with van der Waals surface area (Å²) >= 11 is 0. The Bertz CT molecular complexity index is 944. The van der Waals surface area contributed by atoms with Crippen molar-refractivity contribution >= 4 is 5.91 Å². The molecular weight excluding hydrogens is 341 g/mol. The highest BCUT2D eigenvalue weighted by atomic mass is 19.1. The van der Waals surface area contributed by atoms with Crippen molar-refractivity contribution in [2.45, 2.75) is 38.9 Å². The van der Waals surface area contributed by atoms with Crippen LogP contribution in [0.4, 0.5) is 4.39 Å². The fourth-order valence-electron chi connectivity index (χ4n) is 3.31. The first-order valence-corrected chi connectivity index (χ1v) is 9.22. The third-order valence-corrected chi connectivity index (χ3v) is 4.89. The van der Waals surface area contributed by atoms with Crippen molar-refractivity contribution in [3.05, 3.63) is 89.3 Å². The first-order chi connectivity index (χ1) is 13.1. The molecule has 3 aromatic rings. The van der Waals surface area contributed by atoms with Gasteiger partial charge in [-0.05, 0) is 49.6 Å². The topological polar surface area (TPSA) is 38.1 Å². The van der Waals surface area contributed by atoms with E-state index in [-0.39, 0.29) is 17.8 Å². The Labute approximate surface area is 158 Å². The first kappa shape index (κ1) is 17.5. The normalized spacial score (nSPS) is 13.6. The van der Waals surface area contributed by atoms with Gasteiger partial charge < -0.3 is 9.47 Å². The molecule has 1 aromatic heterocycles. The summed E-state index contributed by atoms with van der Waals surface area (Å²) in [6.07, 6.45) is 5.74. The summed E-state index contributed by atoms with van der Waals surface area (Å²) < 4.78 is 15.3. The Morgan fingerprint density at radius 2 is 2.00 bits per heavy atom. The van der Waals surface area contributed by atoms with Gasteiger partial charge in [-0.3, -0.25) is 4.79 Å². The zero-order valence-electron chi connectivity index (χ0n) is 15.3. The summed E-state index contributed by atoms with van der Waals surface area (Å²) in [6.45, 7) is 3.26.